The maximum absolute atomic E-state index is 8.52. The normalized spacial score (nSPS) is 7.73. The zero-order chi connectivity index (χ0) is 18.0. The average molecular weight is 689 g/mol. The van der Waals surface area contributed by atoms with Gasteiger partial charge in [0.05, 0.1) is 0 Å². The van der Waals surface area contributed by atoms with Crippen molar-refractivity contribution >= 4 is 41.6 Å². The Morgan fingerprint density at radius 2 is 0.300 bits per heavy atom. The minimum absolute atomic E-state index is 0. The molecule has 0 fully saturated rings. The van der Waals surface area contributed by atoms with E-state index in [2.05, 4.69) is 0 Å². The van der Waals surface area contributed by atoms with Crippen molar-refractivity contribution in [2.75, 3.05) is 0 Å². The minimum Gasteiger partial charge on any atom is -0.870 e. The van der Waals surface area contributed by atoms with E-state index in [-0.39, 0.29) is 162 Å². The van der Waals surface area contributed by atoms with Gasteiger partial charge in [-0.1, -0.05) is 0 Å². The third kappa shape index (κ3) is 2020. The van der Waals surface area contributed by atoms with E-state index >= 15 is 0 Å². The molecule has 30 heavy (non-hydrogen) atoms. The maximum atomic E-state index is 8.52. The second-order valence-corrected chi connectivity index (χ2v) is 4.90. The molecule has 0 atom stereocenters. The SMILES string of the molecule is O=S(=O)([O-])[O-].O=S(=O)([O-])[O-].O=S(=O)([O-])[O-].O=S(=O)([O-])[O-].[Fe+3].[Fe+3].[Fe+3].[Na+].[Na+].[Na+].[OH-].[OH-].[OH-].[OH-]. The van der Waals surface area contributed by atoms with Crippen LogP contribution in [0.15, 0.2) is 0 Å². The zero-order valence-electron chi connectivity index (χ0n) is 14.0. The first-order chi connectivity index (χ1) is 8.00. The fourth-order valence-electron chi connectivity index (χ4n) is 0. The molecule has 0 unspecified atom stereocenters. The van der Waals surface area contributed by atoms with E-state index in [1.165, 1.54) is 0 Å². The summed E-state index contributed by atoms with van der Waals surface area (Å²) in [6, 6.07) is 0. The monoisotopic (exact) mass is 689 g/mol. The molecular weight excluding hydrogens is 685 g/mol. The molecule has 0 aliphatic rings. The van der Waals surface area contributed by atoms with Crippen LogP contribution in [-0.4, -0.2) is 92.0 Å². The Balaban J connectivity index is -0.00000000853. The fraction of sp³-hybridized carbons (Fsp3) is 0. The molecule has 0 aliphatic heterocycles. The van der Waals surface area contributed by atoms with Gasteiger partial charge in [-0.3, -0.25) is 33.7 Å². The molecule has 0 aromatic carbocycles. The third-order valence-electron chi connectivity index (χ3n) is 0. The van der Waals surface area contributed by atoms with Gasteiger partial charge >= 0.3 is 140 Å². The van der Waals surface area contributed by atoms with E-state index in [0.717, 1.165) is 0 Å². The van der Waals surface area contributed by atoms with Crippen molar-refractivity contribution in [1.82, 2.24) is 0 Å². The molecule has 0 aromatic rings. The van der Waals surface area contributed by atoms with Crippen molar-refractivity contribution in [2.45, 2.75) is 0 Å². The summed E-state index contributed by atoms with van der Waals surface area (Å²) >= 11 is 0. The van der Waals surface area contributed by atoms with Gasteiger partial charge in [-0.2, -0.15) is 0 Å². The zero-order valence-corrected chi connectivity index (χ0v) is 26.6. The van der Waals surface area contributed by atoms with E-state index in [1.807, 2.05) is 0 Å². The van der Waals surface area contributed by atoms with Crippen molar-refractivity contribution in [3.05, 3.63) is 0 Å². The Bertz CT molecular complexity index is 496. The fourth-order valence-corrected chi connectivity index (χ4v) is 0. The van der Waals surface area contributed by atoms with Crippen molar-refractivity contribution < 1.29 is 232 Å². The molecule has 3 radical (unpaired) electrons. The van der Waals surface area contributed by atoms with Gasteiger partial charge in [0.15, 0.2) is 0 Å². The van der Waals surface area contributed by atoms with Crippen LogP contribution in [0.2, 0.25) is 0 Å². The molecule has 175 valence electrons. The van der Waals surface area contributed by atoms with Gasteiger partial charge < -0.3 is 58.3 Å². The summed E-state index contributed by atoms with van der Waals surface area (Å²) in [4.78, 5) is 0. The van der Waals surface area contributed by atoms with Crippen LogP contribution in [0.3, 0.4) is 0 Å². The maximum Gasteiger partial charge on any atom is 3.00 e. The largest absolute Gasteiger partial charge is 3.00 e. The predicted octanol–water partition coefficient (Wildman–Crippen LogP) is -15.1. The van der Waals surface area contributed by atoms with Crippen LogP contribution in [0.25, 0.3) is 0 Å². The summed E-state index contributed by atoms with van der Waals surface area (Å²) in [7, 11) is -20.7. The number of hydrogen-bond acceptors (Lipinski definition) is 20. The first-order valence-corrected chi connectivity index (χ1v) is 8.00. The summed E-state index contributed by atoms with van der Waals surface area (Å²) in [5.41, 5.74) is 0. The Morgan fingerprint density at radius 1 is 0.300 bits per heavy atom. The quantitative estimate of drug-likeness (QED) is 0.129. The predicted molar refractivity (Wildman–Crippen MR) is 49.6 cm³/mol. The van der Waals surface area contributed by atoms with Crippen LogP contribution < -0.4 is 88.7 Å². The molecule has 20 nitrogen and oxygen atoms in total. The van der Waals surface area contributed by atoms with Gasteiger partial charge in [-0.25, -0.2) is 0 Å². The number of rotatable bonds is 0. The average Bonchev–Trinajstić information content (AvgIpc) is 1.62. The van der Waals surface area contributed by atoms with Crippen molar-refractivity contribution in [3.8, 4) is 0 Å². The molecule has 0 aliphatic carbocycles. The standard InChI is InChI=1S/3Fe.3Na.4H2O4S.4H2O/c;;;;;;4*1-5(2,3)4;;;;/h;;;;;;4*(H2,1,2,3,4);4*1H2/q3*+3;3*+1;;;;;;;;/p-12. The smallest absolute Gasteiger partial charge is 0.870 e. The second-order valence-electron chi connectivity index (χ2n) is 1.63. The molecule has 0 heterocycles. The minimum atomic E-state index is -5.17. The Hall–Kier alpha value is 3.88. The molecule has 0 amide bonds. The molecule has 4 N–H and O–H groups in total. The van der Waals surface area contributed by atoms with Gasteiger partial charge in [-0.05, 0) is 0 Å². The van der Waals surface area contributed by atoms with E-state index in [0.29, 0.717) is 0 Å². The van der Waals surface area contributed by atoms with Crippen LogP contribution in [-0.2, 0) is 92.8 Å². The van der Waals surface area contributed by atoms with E-state index in [1.54, 1.807) is 0 Å². The van der Waals surface area contributed by atoms with Gasteiger partial charge in [0.2, 0.25) is 0 Å². The summed E-state index contributed by atoms with van der Waals surface area (Å²) in [6.45, 7) is 0. The van der Waals surface area contributed by atoms with Crippen LogP contribution in [0.4, 0.5) is 0 Å². The molecule has 0 aromatic heterocycles. The molecule has 0 saturated heterocycles. The van der Waals surface area contributed by atoms with E-state index in [4.69, 9.17) is 70.1 Å². The third-order valence-corrected chi connectivity index (χ3v) is 0. The molecular formula is H4Fe3Na3O20S4. The Morgan fingerprint density at radius 3 is 0.300 bits per heavy atom. The molecule has 0 bridgehead atoms. The van der Waals surface area contributed by atoms with Gasteiger partial charge in [-0.15, -0.1) is 0 Å². The topological polar surface area (TPSA) is 441 Å². The second kappa shape index (κ2) is 43.0. The van der Waals surface area contributed by atoms with E-state index in [9.17, 15) is 0 Å². The van der Waals surface area contributed by atoms with Crippen molar-refractivity contribution in [3.63, 3.8) is 0 Å². The van der Waals surface area contributed by atoms with E-state index < -0.39 is 41.6 Å². The molecule has 0 saturated carbocycles. The van der Waals surface area contributed by atoms with Gasteiger partial charge in [0.25, 0.3) is 0 Å². The Labute approximate surface area is 269 Å². The number of hydrogen-bond donors (Lipinski definition) is 0. The van der Waals surface area contributed by atoms with Gasteiger partial charge in [0, 0.05) is 41.6 Å². The van der Waals surface area contributed by atoms with Gasteiger partial charge in [0.1, 0.15) is 0 Å². The molecule has 30 heteroatoms. The van der Waals surface area contributed by atoms with Crippen LogP contribution >= 0.6 is 0 Å². The first-order valence-electron chi connectivity index (χ1n) is 2.67. The first kappa shape index (κ1) is 92.7. The van der Waals surface area contributed by atoms with Crippen LogP contribution in [0.1, 0.15) is 0 Å². The summed E-state index contributed by atoms with van der Waals surface area (Å²) in [6.07, 6.45) is 0. The molecule has 0 spiro atoms. The molecule has 0 rings (SSSR count). The van der Waals surface area contributed by atoms with Crippen molar-refractivity contribution in [1.29, 1.82) is 0 Å². The Kier molecular flexibility index (Phi) is 133. The summed E-state index contributed by atoms with van der Waals surface area (Å²) in [5.74, 6) is 0. The van der Waals surface area contributed by atoms with Crippen LogP contribution in [0, 0.1) is 0 Å². The summed E-state index contributed by atoms with van der Waals surface area (Å²) in [5, 5.41) is 0. The van der Waals surface area contributed by atoms with Crippen molar-refractivity contribution in [2.24, 2.45) is 0 Å². The summed E-state index contributed by atoms with van der Waals surface area (Å²) < 4.78 is 136. The van der Waals surface area contributed by atoms with Crippen LogP contribution in [0.5, 0.6) is 0 Å².